The molecular formula is C14H11BrClF2NOS2. The molecule has 0 atom stereocenters. The van der Waals surface area contributed by atoms with Crippen LogP contribution in [-0.2, 0) is 5.75 Å². The predicted molar refractivity (Wildman–Crippen MR) is 91.9 cm³/mol. The van der Waals surface area contributed by atoms with Gasteiger partial charge in [0.25, 0.3) is 5.91 Å². The third kappa shape index (κ3) is 4.94. The van der Waals surface area contributed by atoms with E-state index in [0.717, 1.165) is 21.7 Å². The zero-order valence-corrected chi connectivity index (χ0v) is 15.1. The number of nitrogens with one attached hydrogen (secondary N) is 1. The summed E-state index contributed by atoms with van der Waals surface area (Å²) in [5.74, 6) is -1.10. The number of hydrogen-bond donors (Lipinski definition) is 1. The Hall–Kier alpha value is -0.630. The van der Waals surface area contributed by atoms with Crippen LogP contribution >= 0.6 is 50.6 Å². The number of benzene rings is 1. The topological polar surface area (TPSA) is 29.1 Å². The van der Waals surface area contributed by atoms with Gasteiger partial charge in [0.05, 0.1) is 14.4 Å². The van der Waals surface area contributed by atoms with Crippen molar-refractivity contribution in [2.75, 3.05) is 12.3 Å². The van der Waals surface area contributed by atoms with Gasteiger partial charge in [-0.05, 0) is 40.2 Å². The molecule has 2 rings (SSSR count). The average molecular weight is 427 g/mol. The standard InChI is InChI=1S/C14H11BrClF2NOS2/c15-13-2-1-8(22-13)7-21-4-3-19-14(20)9-5-11(17)12(18)6-10(9)16/h1-2,5-6H,3-4,7H2,(H,19,20). The molecule has 22 heavy (non-hydrogen) atoms. The molecule has 2 nitrogen and oxygen atoms in total. The van der Waals surface area contributed by atoms with Gasteiger partial charge in [0.15, 0.2) is 11.6 Å². The minimum Gasteiger partial charge on any atom is -0.351 e. The highest BCUT2D eigenvalue weighted by Gasteiger charge is 2.14. The molecule has 0 bridgehead atoms. The lowest BCUT2D eigenvalue weighted by Gasteiger charge is -2.07. The van der Waals surface area contributed by atoms with Crippen LogP contribution in [0.3, 0.4) is 0 Å². The molecule has 1 aromatic carbocycles. The average Bonchev–Trinajstić information content (AvgIpc) is 2.88. The van der Waals surface area contributed by atoms with E-state index in [1.165, 1.54) is 4.88 Å². The Labute approximate surface area is 148 Å². The highest BCUT2D eigenvalue weighted by molar-refractivity contribution is 9.11. The van der Waals surface area contributed by atoms with Crippen LogP contribution < -0.4 is 5.32 Å². The molecule has 2 aromatic rings. The van der Waals surface area contributed by atoms with Crippen LogP contribution in [-0.4, -0.2) is 18.2 Å². The first-order valence-corrected chi connectivity index (χ1v) is 9.36. The predicted octanol–water partition coefficient (Wildman–Crippen LogP) is 5.11. The molecule has 0 aliphatic carbocycles. The minimum absolute atomic E-state index is 0.0623. The summed E-state index contributed by atoms with van der Waals surface area (Å²) in [6.45, 7) is 0.422. The van der Waals surface area contributed by atoms with Crippen molar-refractivity contribution >= 4 is 56.5 Å². The first kappa shape index (κ1) is 17.7. The van der Waals surface area contributed by atoms with E-state index in [1.54, 1.807) is 23.1 Å². The summed E-state index contributed by atoms with van der Waals surface area (Å²) in [5, 5.41) is 2.53. The second kappa shape index (κ2) is 8.29. The Balaban J connectivity index is 1.77. The van der Waals surface area contributed by atoms with E-state index in [9.17, 15) is 13.6 Å². The number of rotatable bonds is 6. The van der Waals surface area contributed by atoms with Gasteiger partial charge in [0.1, 0.15) is 0 Å². The summed E-state index contributed by atoms with van der Waals surface area (Å²) in [5.41, 5.74) is -0.0623. The molecule has 1 aromatic heterocycles. The number of thiophene rings is 1. The van der Waals surface area contributed by atoms with E-state index in [1.807, 2.05) is 12.1 Å². The van der Waals surface area contributed by atoms with E-state index in [-0.39, 0.29) is 10.6 Å². The van der Waals surface area contributed by atoms with Crippen molar-refractivity contribution in [2.45, 2.75) is 5.75 Å². The Morgan fingerprint density at radius 2 is 2.05 bits per heavy atom. The molecule has 1 amide bonds. The molecule has 1 heterocycles. The molecule has 0 saturated heterocycles. The molecule has 1 N–H and O–H groups in total. The Morgan fingerprint density at radius 1 is 1.32 bits per heavy atom. The smallest absolute Gasteiger partial charge is 0.252 e. The van der Waals surface area contributed by atoms with Gasteiger partial charge in [-0.1, -0.05) is 11.6 Å². The van der Waals surface area contributed by atoms with Gasteiger partial charge < -0.3 is 5.32 Å². The number of hydrogen-bond acceptors (Lipinski definition) is 3. The molecule has 0 unspecified atom stereocenters. The minimum atomic E-state index is -1.09. The van der Waals surface area contributed by atoms with E-state index in [2.05, 4.69) is 21.2 Å². The van der Waals surface area contributed by atoms with Crippen molar-refractivity contribution < 1.29 is 13.6 Å². The molecule has 0 spiro atoms. The van der Waals surface area contributed by atoms with Crippen molar-refractivity contribution in [3.63, 3.8) is 0 Å². The number of carbonyl (C=O) groups is 1. The van der Waals surface area contributed by atoms with Crippen LogP contribution in [0.2, 0.25) is 5.02 Å². The van der Waals surface area contributed by atoms with Gasteiger partial charge in [-0.3, -0.25) is 4.79 Å². The number of carbonyl (C=O) groups excluding carboxylic acids is 1. The van der Waals surface area contributed by atoms with Crippen molar-refractivity contribution in [2.24, 2.45) is 0 Å². The van der Waals surface area contributed by atoms with Gasteiger partial charge in [0.2, 0.25) is 0 Å². The van der Waals surface area contributed by atoms with Gasteiger partial charge in [-0.2, -0.15) is 11.8 Å². The van der Waals surface area contributed by atoms with Crippen LogP contribution in [0.4, 0.5) is 8.78 Å². The molecule has 8 heteroatoms. The van der Waals surface area contributed by atoms with Crippen molar-refractivity contribution in [1.29, 1.82) is 0 Å². The van der Waals surface area contributed by atoms with Gasteiger partial charge in [-0.25, -0.2) is 8.78 Å². The van der Waals surface area contributed by atoms with Gasteiger partial charge in [0, 0.05) is 22.9 Å². The maximum Gasteiger partial charge on any atom is 0.252 e. The molecule has 0 aliphatic rings. The van der Waals surface area contributed by atoms with Crippen LogP contribution in [0.15, 0.2) is 28.1 Å². The van der Waals surface area contributed by atoms with Crippen LogP contribution in [0.1, 0.15) is 15.2 Å². The van der Waals surface area contributed by atoms with E-state index in [4.69, 9.17) is 11.6 Å². The van der Waals surface area contributed by atoms with E-state index < -0.39 is 17.5 Å². The number of amides is 1. The van der Waals surface area contributed by atoms with Gasteiger partial charge >= 0.3 is 0 Å². The summed E-state index contributed by atoms with van der Waals surface area (Å²) < 4.78 is 27.2. The molecule has 0 radical (unpaired) electrons. The van der Waals surface area contributed by atoms with Crippen LogP contribution in [0.25, 0.3) is 0 Å². The molecular weight excluding hydrogens is 416 g/mol. The quantitative estimate of drug-likeness (QED) is 0.514. The second-order valence-corrected chi connectivity index (χ2v) is 8.32. The van der Waals surface area contributed by atoms with Crippen molar-refractivity contribution in [1.82, 2.24) is 5.32 Å². The highest BCUT2D eigenvalue weighted by Crippen LogP contribution is 2.25. The molecule has 118 valence electrons. The maximum atomic E-state index is 13.1. The van der Waals surface area contributed by atoms with Crippen molar-refractivity contribution in [3.8, 4) is 0 Å². The largest absolute Gasteiger partial charge is 0.351 e. The fourth-order valence-electron chi connectivity index (χ4n) is 1.63. The normalized spacial score (nSPS) is 10.7. The molecule has 0 aliphatic heterocycles. The highest BCUT2D eigenvalue weighted by atomic mass is 79.9. The number of halogens is 4. The lowest BCUT2D eigenvalue weighted by molar-refractivity contribution is 0.0956. The summed E-state index contributed by atoms with van der Waals surface area (Å²) in [6, 6.07) is 5.65. The Bertz CT molecular complexity index is 681. The summed E-state index contributed by atoms with van der Waals surface area (Å²) in [6.07, 6.45) is 0. The Kier molecular flexibility index (Phi) is 6.67. The maximum absolute atomic E-state index is 13.1. The van der Waals surface area contributed by atoms with E-state index >= 15 is 0 Å². The van der Waals surface area contributed by atoms with Crippen LogP contribution in [0.5, 0.6) is 0 Å². The van der Waals surface area contributed by atoms with Gasteiger partial charge in [-0.15, -0.1) is 11.3 Å². The zero-order chi connectivity index (χ0) is 16.1. The summed E-state index contributed by atoms with van der Waals surface area (Å²) in [7, 11) is 0. The summed E-state index contributed by atoms with van der Waals surface area (Å²) >= 11 is 12.5. The Morgan fingerprint density at radius 3 is 2.73 bits per heavy atom. The molecule has 0 fully saturated rings. The van der Waals surface area contributed by atoms with Crippen molar-refractivity contribution in [3.05, 3.63) is 55.1 Å². The fourth-order valence-corrected chi connectivity index (χ4v) is 4.32. The fraction of sp³-hybridized carbons (Fsp3) is 0.214. The lowest BCUT2D eigenvalue weighted by atomic mass is 10.2. The first-order valence-electron chi connectivity index (χ1n) is 6.22. The third-order valence-electron chi connectivity index (χ3n) is 2.66. The lowest BCUT2D eigenvalue weighted by Crippen LogP contribution is -2.26. The third-order valence-corrected chi connectivity index (χ3v) is 5.79. The van der Waals surface area contributed by atoms with E-state index in [0.29, 0.717) is 12.3 Å². The SMILES string of the molecule is O=C(NCCSCc1ccc(Br)s1)c1cc(F)c(F)cc1Cl. The zero-order valence-electron chi connectivity index (χ0n) is 11.2. The second-order valence-electron chi connectivity index (χ2n) is 4.26. The van der Waals surface area contributed by atoms with Crippen LogP contribution in [0, 0.1) is 11.6 Å². The first-order chi connectivity index (χ1) is 10.5. The number of thioether (sulfide) groups is 1. The monoisotopic (exact) mass is 425 g/mol. The summed E-state index contributed by atoms with van der Waals surface area (Å²) in [4.78, 5) is 13.1. The molecule has 0 saturated carbocycles.